The molecule has 98 valence electrons. The number of aryl methyl sites for hydroxylation is 1. The molecule has 0 bridgehead atoms. The normalized spacial score (nSPS) is 12.8. The second-order valence-corrected chi connectivity index (χ2v) is 4.37. The molecule has 1 rings (SSSR count). The molecule has 3 nitrogen and oxygen atoms in total. The van der Waals surface area contributed by atoms with E-state index in [0.717, 1.165) is 29.0 Å². The van der Waals surface area contributed by atoms with Gasteiger partial charge in [-0.3, -0.25) is 4.99 Å². The fourth-order valence-electron chi connectivity index (χ4n) is 1.50. The van der Waals surface area contributed by atoms with Crippen molar-refractivity contribution in [2.45, 2.75) is 34.1 Å². The first kappa shape index (κ1) is 14.8. The molecule has 1 heterocycles. The number of nitriles is 1. The third-order valence-corrected chi connectivity index (χ3v) is 2.80. The Morgan fingerprint density at radius 2 is 2.16 bits per heavy atom. The second-order valence-electron chi connectivity index (χ2n) is 4.37. The van der Waals surface area contributed by atoms with Gasteiger partial charge in [-0.05, 0) is 51.0 Å². The van der Waals surface area contributed by atoms with Crippen molar-refractivity contribution >= 4 is 11.3 Å². The van der Waals surface area contributed by atoms with Crippen LogP contribution in [0.15, 0.2) is 35.5 Å². The largest absolute Gasteiger partial charge is 0.266 e. The molecule has 0 aliphatic heterocycles. The summed E-state index contributed by atoms with van der Waals surface area (Å²) < 4.78 is 0. The van der Waals surface area contributed by atoms with Crippen LogP contribution < -0.4 is 0 Å². The van der Waals surface area contributed by atoms with Crippen molar-refractivity contribution < 1.29 is 0 Å². The van der Waals surface area contributed by atoms with Crippen molar-refractivity contribution in [3.8, 4) is 6.07 Å². The first-order valence-corrected chi connectivity index (χ1v) is 6.33. The quantitative estimate of drug-likeness (QED) is 0.600. The molecular formula is C16H19N3. The standard InChI is InChI=1S/C16H19N3/c1-5-13(3)18-10-6-7-12(2)15-9-8-14(4)19-16(15)11-17/h6-10H,5H2,1-4H3. The third kappa shape index (κ3) is 4.51. The lowest BCUT2D eigenvalue weighted by Gasteiger charge is -2.03. The van der Waals surface area contributed by atoms with Crippen molar-refractivity contribution in [1.29, 1.82) is 5.26 Å². The predicted molar refractivity (Wildman–Crippen MR) is 79.9 cm³/mol. The van der Waals surface area contributed by atoms with Gasteiger partial charge in [0.1, 0.15) is 11.8 Å². The molecule has 0 N–H and O–H groups in total. The van der Waals surface area contributed by atoms with E-state index in [1.165, 1.54) is 0 Å². The van der Waals surface area contributed by atoms with E-state index in [1.54, 1.807) is 6.20 Å². The van der Waals surface area contributed by atoms with Gasteiger partial charge in [-0.2, -0.15) is 5.26 Å². The van der Waals surface area contributed by atoms with Crippen LogP contribution in [0.2, 0.25) is 0 Å². The van der Waals surface area contributed by atoms with Crippen molar-refractivity contribution in [3.05, 3.63) is 47.4 Å². The van der Waals surface area contributed by atoms with Gasteiger partial charge < -0.3 is 0 Å². The Labute approximate surface area is 115 Å². The average molecular weight is 253 g/mol. The van der Waals surface area contributed by atoms with Crippen LogP contribution in [0.1, 0.15) is 44.1 Å². The first-order valence-electron chi connectivity index (χ1n) is 6.33. The summed E-state index contributed by atoms with van der Waals surface area (Å²) in [7, 11) is 0. The minimum absolute atomic E-state index is 0.468. The summed E-state index contributed by atoms with van der Waals surface area (Å²) in [5.74, 6) is 0. The Hall–Kier alpha value is -2.21. The minimum atomic E-state index is 0.468. The Morgan fingerprint density at radius 3 is 2.79 bits per heavy atom. The molecule has 0 saturated carbocycles. The smallest absolute Gasteiger partial charge is 0.148 e. The van der Waals surface area contributed by atoms with Gasteiger partial charge in [0.05, 0.1) is 0 Å². The van der Waals surface area contributed by atoms with Crippen molar-refractivity contribution in [2.24, 2.45) is 4.99 Å². The molecule has 0 spiro atoms. The van der Waals surface area contributed by atoms with Crippen LogP contribution >= 0.6 is 0 Å². The van der Waals surface area contributed by atoms with Gasteiger partial charge in [0.25, 0.3) is 0 Å². The summed E-state index contributed by atoms with van der Waals surface area (Å²) in [4.78, 5) is 8.50. The summed E-state index contributed by atoms with van der Waals surface area (Å²) in [6.07, 6.45) is 6.55. The average Bonchev–Trinajstić information content (AvgIpc) is 2.42. The Morgan fingerprint density at radius 1 is 1.42 bits per heavy atom. The number of aliphatic imine (C=N–C) groups is 1. The maximum absolute atomic E-state index is 9.09. The molecular weight excluding hydrogens is 234 g/mol. The van der Waals surface area contributed by atoms with Gasteiger partial charge in [-0.25, -0.2) is 4.98 Å². The number of hydrogen-bond donors (Lipinski definition) is 0. The van der Waals surface area contributed by atoms with Crippen LogP contribution in [0.3, 0.4) is 0 Å². The van der Waals surface area contributed by atoms with Gasteiger partial charge >= 0.3 is 0 Å². The number of hydrogen-bond acceptors (Lipinski definition) is 3. The molecule has 19 heavy (non-hydrogen) atoms. The lowest BCUT2D eigenvalue weighted by Crippen LogP contribution is -1.93. The van der Waals surface area contributed by atoms with Crippen molar-refractivity contribution in [2.75, 3.05) is 0 Å². The highest BCUT2D eigenvalue weighted by Gasteiger charge is 2.04. The monoisotopic (exact) mass is 253 g/mol. The molecule has 1 aromatic rings. The topological polar surface area (TPSA) is 49.0 Å². The number of allylic oxidation sites excluding steroid dienone is 3. The Bertz CT molecular complexity index is 572. The van der Waals surface area contributed by atoms with Gasteiger partial charge in [0.15, 0.2) is 0 Å². The molecule has 0 aromatic carbocycles. The van der Waals surface area contributed by atoms with E-state index in [4.69, 9.17) is 5.26 Å². The second kappa shape index (κ2) is 7.27. The Kier molecular flexibility index (Phi) is 5.69. The number of aromatic nitrogens is 1. The van der Waals surface area contributed by atoms with Gasteiger partial charge in [-0.15, -0.1) is 0 Å². The maximum atomic E-state index is 9.09. The van der Waals surface area contributed by atoms with Crippen LogP contribution in [0.25, 0.3) is 5.57 Å². The van der Waals surface area contributed by atoms with Crippen LogP contribution in [0, 0.1) is 18.3 Å². The zero-order valence-electron chi connectivity index (χ0n) is 11.9. The molecule has 0 fully saturated rings. The zero-order chi connectivity index (χ0) is 14.3. The molecule has 0 unspecified atom stereocenters. The highest BCUT2D eigenvalue weighted by atomic mass is 14.7. The lowest BCUT2D eigenvalue weighted by molar-refractivity contribution is 1.15. The molecule has 0 aliphatic carbocycles. The van der Waals surface area contributed by atoms with Gasteiger partial charge in [0.2, 0.25) is 0 Å². The molecule has 0 saturated heterocycles. The molecule has 0 amide bonds. The number of rotatable bonds is 4. The van der Waals surface area contributed by atoms with Crippen LogP contribution in [0.4, 0.5) is 0 Å². The van der Waals surface area contributed by atoms with Crippen LogP contribution in [-0.4, -0.2) is 10.7 Å². The van der Waals surface area contributed by atoms with E-state index in [0.29, 0.717) is 5.69 Å². The fraction of sp³-hybridized carbons (Fsp3) is 0.312. The Balaban J connectivity index is 2.95. The molecule has 0 aliphatic rings. The zero-order valence-corrected chi connectivity index (χ0v) is 11.9. The predicted octanol–water partition coefficient (Wildman–Crippen LogP) is 4.05. The van der Waals surface area contributed by atoms with E-state index in [-0.39, 0.29) is 0 Å². The molecule has 1 aromatic heterocycles. The summed E-state index contributed by atoms with van der Waals surface area (Å²) >= 11 is 0. The van der Waals surface area contributed by atoms with Gasteiger partial charge in [0, 0.05) is 23.2 Å². The van der Waals surface area contributed by atoms with E-state index in [1.807, 2.05) is 45.1 Å². The summed E-state index contributed by atoms with van der Waals surface area (Å²) in [6.45, 7) is 7.92. The molecule has 0 atom stereocenters. The molecule has 3 heteroatoms. The fourth-order valence-corrected chi connectivity index (χ4v) is 1.50. The highest BCUT2D eigenvalue weighted by molar-refractivity contribution is 5.82. The third-order valence-electron chi connectivity index (χ3n) is 2.80. The van der Waals surface area contributed by atoms with E-state index in [2.05, 4.69) is 23.0 Å². The first-order chi connectivity index (χ1) is 9.08. The summed E-state index contributed by atoms with van der Waals surface area (Å²) in [5.41, 5.74) is 4.29. The van der Waals surface area contributed by atoms with Crippen molar-refractivity contribution in [1.82, 2.24) is 4.98 Å². The van der Waals surface area contributed by atoms with E-state index < -0.39 is 0 Å². The number of nitrogens with zero attached hydrogens (tertiary/aromatic N) is 3. The van der Waals surface area contributed by atoms with Crippen LogP contribution in [-0.2, 0) is 0 Å². The molecule has 0 radical (unpaired) electrons. The SMILES string of the molecule is CCC(C)=NC=CC=C(C)c1ccc(C)nc1C#N. The highest BCUT2D eigenvalue weighted by Crippen LogP contribution is 2.17. The van der Waals surface area contributed by atoms with Crippen molar-refractivity contribution in [3.63, 3.8) is 0 Å². The summed E-state index contributed by atoms with van der Waals surface area (Å²) in [5, 5.41) is 9.09. The van der Waals surface area contributed by atoms with Crippen LogP contribution in [0.5, 0.6) is 0 Å². The van der Waals surface area contributed by atoms with E-state index >= 15 is 0 Å². The number of pyridine rings is 1. The minimum Gasteiger partial charge on any atom is -0.266 e. The van der Waals surface area contributed by atoms with Gasteiger partial charge in [-0.1, -0.05) is 13.0 Å². The lowest BCUT2D eigenvalue weighted by atomic mass is 10.1. The maximum Gasteiger partial charge on any atom is 0.148 e. The summed E-state index contributed by atoms with van der Waals surface area (Å²) in [6, 6.07) is 5.98. The van der Waals surface area contributed by atoms with E-state index in [9.17, 15) is 0 Å².